The Balaban J connectivity index is 2.00. The Labute approximate surface area is 138 Å². The van der Waals surface area contributed by atoms with E-state index >= 15 is 0 Å². The molecule has 0 bridgehead atoms. The second kappa shape index (κ2) is 6.08. The van der Waals surface area contributed by atoms with Crippen LogP contribution in [0.25, 0.3) is 10.9 Å². The third kappa shape index (κ3) is 3.69. The zero-order chi connectivity index (χ0) is 17.5. The van der Waals surface area contributed by atoms with Crippen LogP contribution in [0.15, 0.2) is 12.3 Å². The molecule has 3 rings (SSSR count). The van der Waals surface area contributed by atoms with Gasteiger partial charge in [-0.15, -0.1) is 0 Å². The van der Waals surface area contributed by atoms with E-state index in [4.69, 9.17) is 0 Å². The van der Waals surface area contributed by atoms with Crippen LogP contribution in [0.1, 0.15) is 45.7 Å². The highest BCUT2D eigenvalue weighted by molar-refractivity contribution is 5.90. The molecule has 1 fully saturated rings. The van der Waals surface area contributed by atoms with Crippen molar-refractivity contribution in [3.8, 4) is 0 Å². The highest BCUT2D eigenvalue weighted by Crippen LogP contribution is 2.29. The molecule has 0 amide bonds. The molecule has 0 aliphatic heterocycles. The minimum absolute atomic E-state index is 0.119. The van der Waals surface area contributed by atoms with Crippen molar-refractivity contribution in [2.24, 2.45) is 0 Å². The maximum Gasteiger partial charge on any atom is 0.280 e. The zero-order valence-corrected chi connectivity index (χ0v) is 13.8. The lowest BCUT2D eigenvalue weighted by Gasteiger charge is -2.32. The third-order valence-corrected chi connectivity index (χ3v) is 3.77. The minimum Gasteiger partial charge on any atom is -0.393 e. The molecule has 0 aromatic carbocycles. The van der Waals surface area contributed by atoms with Crippen molar-refractivity contribution in [2.45, 2.75) is 57.7 Å². The summed E-state index contributed by atoms with van der Waals surface area (Å²) >= 11 is 0. The standard InChI is InChI=1S/C16H21F2N5O/c1-16(2,3)23-14-10-6-11(13(17)18)19-7-12(10)21-15(22-14)20-8-4-9(24)5-8/h6-9,13,24H,4-5H2,1-3H3,(H2,20,21,22,23). The van der Waals surface area contributed by atoms with Crippen molar-refractivity contribution in [3.05, 3.63) is 18.0 Å². The first kappa shape index (κ1) is 16.8. The number of pyridine rings is 1. The molecule has 1 aliphatic rings. The summed E-state index contributed by atoms with van der Waals surface area (Å²) in [5, 5.41) is 16.3. The first-order chi connectivity index (χ1) is 11.2. The van der Waals surface area contributed by atoms with E-state index in [-0.39, 0.29) is 23.4 Å². The molecule has 0 atom stereocenters. The Bertz CT molecular complexity index is 741. The van der Waals surface area contributed by atoms with E-state index in [0.29, 0.717) is 35.5 Å². The third-order valence-electron chi connectivity index (χ3n) is 3.77. The van der Waals surface area contributed by atoms with Crippen LogP contribution in [0, 0.1) is 0 Å². The van der Waals surface area contributed by atoms with Gasteiger partial charge in [0.25, 0.3) is 6.43 Å². The van der Waals surface area contributed by atoms with Crippen LogP contribution in [0.3, 0.4) is 0 Å². The summed E-state index contributed by atoms with van der Waals surface area (Å²) in [6.45, 7) is 5.89. The summed E-state index contributed by atoms with van der Waals surface area (Å²) in [7, 11) is 0. The molecule has 0 radical (unpaired) electrons. The van der Waals surface area contributed by atoms with Gasteiger partial charge in [0.1, 0.15) is 11.5 Å². The number of halogens is 2. The van der Waals surface area contributed by atoms with Gasteiger partial charge in [-0.05, 0) is 39.7 Å². The van der Waals surface area contributed by atoms with E-state index in [1.54, 1.807) is 0 Å². The largest absolute Gasteiger partial charge is 0.393 e. The SMILES string of the molecule is CC(C)(C)Nc1nc(NC2CC(O)C2)nc2cnc(C(F)F)cc12. The number of aromatic nitrogens is 3. The molecule has 2 heterocycles. The summed E-state index contributed by atoms with van der Waals surface area (Å²) in [6, 6.07) is 1.44. The molecule has 0 unspecified atom stereocenters. The molecular weight excluding hydrogens is 316 g/mol. The number of fused-ring (bicyclic) bond motifs is 1. The van der Waals surface area contributed by atoms with E-state index in [9.17, 15) is 13.9 Å². The molecule has 0 spiro atoms. The van der Waals surface area contributed by atoms with Gasteiger partial charge in [-0.1, -0.05) is 0 Å². The summed E-state index contributed by atoms with van der Waals surface area (Å²) < 4.78 is 25.9. The molecule has 3 N–H and O–H groups in total. The van der Waals surface area contributed by atoms with Crippen LogP contribution in [-0.4, -0.2) is 37.7 Å². The molecule has 2 aromatic heterocycles. The first-order valence-corrected chi connectivity index (χ1v) is 7.90. The summed E-state index contributed by atoms with van der Waals surface area (Å²) in [4.78, 5) is 12.6. The number of hydrogen-bond acceptors (Lipinski definition) is 6. The number of hydrogen-bond donors (Lipinski definition) is 3. The lowest BCUT2D eigenvalue weighted by Crippen LogP contribution is -2.39. The Morgan fingerprint density at radius 1 is 1.25 bits per heavy atom. The van der Waals surface area contributed by atoms with Gasteiger partial charge in [0.15, 0.2) is 0 Å². The van der Waals surface area contributed by atoms with Crippen molar-refractivity contribution in [2.75, 3.05) is 10.6 Å². The second-order valence-corrected chi connectivity index (χ2v) is 7.16. The highest BCUT2D eigenvalue weighted by Gasteiger charge is 2.28. The monoisotopic (exact) mass is 337 g/mol. The Kier molecular flexibility index (Phi) is 4.25. The van der Waals surface area contributed by atoms with Crippen molar-refractivity contribution in [3.63, 3.8) is 0 Å². The molecule has 0 saturated heterocycles. The van der Waals surface area contributed by atoms with Crippen LogP contribution in [0.2, 0.25) is 0 Å². The van der Waals surface area contributed by atoms with E-state index in [0.717, 1.165) is 0 Å². The first-order valence-electron chi connectivity index (χ1n) is 7.90. The maximum absolute atomic E-state index is 12.9. The molecule has 2 aromatic rings. The Morgan fingerprint density at radius 3 is 2.54 bits per heavy atom. The van der Waals surface area contributed by atoms with Gasteiger partial charge in [0.2, 0.25) is 5.95 Å². The lowest BCUT2D eigenvalue weighted by atomic mass is 9.90. The zero-order valence-electron chi connectivity index (χ0n) is 13.8. The number of rotatable bonds is 4. The summed E-state index contributed by atoms with van der Waals surface area (Å²) in [6.07, 6.45) is -0.304. The van der Waals surface area contributed by atoms with Gasteiger partial charge in [-0.3, -0.25) is 4.98 Å². The van der Waals surface area contributed by atoms with E-state index < -0.39 is 6.43 Å². The van der Waals surface area contributed by atoms with E-state index in [2.05, 4.69) is 25.6 Å². The maximum atomic E-state index is 12.9. The summed E-state index contributed by atoms with van der Waals surface area (Å²) in [5.41, 5.74) is -0.103. The highest BCUT2D eigenvalue weighted by atomic mass is 19.3. The quantitative estimate of drug-likeness (QED) is 0.795. The fourth-order valence-corrected chi connectivity index (χ4v) is 2.57. The van der Waals surface area contributed by atoms with Crippen LogP contribution < -0.4 is 10.6 Å². The number of aliphatic hydroxyl groups is 1. The van der Waals surface area contributed by atoms with E-state index in [1.165, 1.54) is 12.3 Å². The van der Waals surface area contributed by atoms with Crippen LogP contribution >= 0.6 is 0 Å². The fourth-order valence-electron chi connectivity index (χ4n) is 2.57. The lowest BCUT2D eigenvalue weighted by molar-refractivity contribution is 0.0834. The molecule has 24 heavy (non-hydrogen) atoms. The predicted octanol–water partition coefficient (Wildman–Crippen LogP) is 3.11. The Hall–Kier alpha value is -2.09. The number of aliphatic hydroxyl groups excluding tert-OH is 1. The average Bonchev–Trinajstić information content (AvgIpc) is 2.43. The van der Waals surface area contributed by atoms with Crippen molar-refractivity contribution in [1.82, 2.24) is 15.0 Å². The smallest absolute Gasteiger partial charge is 0.280 e. The van der Waals surface area contributed by atoms with Crippen LogP contribution in [-0.2, 0) is 0 Å². The van der Waals surface area contributed by atoms with Gasteiger partial charge in [-0.25, -0.2) is 13.8 Å². The van der Waals surface area contributed by atoms with Gasteiger partial charge >= 0.3 is 0 Å². The Morgan fingerprint density at radius 2 is 1.96 bits per heavy atom. The van der Waals surface area contributed by atoms with Crippen molar-refractivity contribution in [1.29, 1.82) is 0 Å². The van der Waals surface area contributed by atoms with E-state index in [1.807, 2.05) is 20.8 Å². The van der Waals surface area contributed by atoms with Crippen molar-refractivity contribution < 1.29 is 13.9 Å². The van der Waals surface area contributed by atoms with Gasteiger partial charge in [0.05, 0.1) is 17.8 Å². The molecule has 8 heteroatoms. The fraction of sp³-hybridized carbons (Fsp3) is 0.562. The number of nitrogens with zero attached hydrogens (tertiary/aromatic N) is 3. The number of alkyl halides is 2. The second-order valence-electron chi connectivity index (χ2n) is 7.16. The van der Waals surface area contributed by atoms with Crippen molar-refractivity contribution >= 4 is 22.7 Å². The normalized spacial score (nSPS) is 21.0. The van der Waals surface area contributed by atoms with Crippen LogP contribution in [0.4, 0.5) is 20.5 Å². The molecule has 6 nitrogen and oxygen atoms in total. The minimum atomic E-state index is -2.65. The van der Waals surface area contributed by atoms with Crippen LogP contribution in [0.5, 0.6) is 0 Å². The molecule has 130 valence electrons. The van der Waals surface area contributed by atoms with Gasteiger partial charge < -0.3 is 15.7 Å². The molecular formula is C16H21F2N5O. The predicted molar refractivity (Wildman–Crippen MR) is 88.3 cm³/mol. The van der Waals surface area contributed by atoms with Gasteiger partial charge in [0, 0.05) is 17.0 Å². The summed E-state index contributed by atoms with van der Waals surface area (Å²) in [5.74, 6) is 0.886. The topological polar surface area (TPSA) is 83.0 Å². The van der Waals surface area contributed by atoms with Gasteiger partial charge in [-0.2, -0.15) is 4.98 Å². The number of nitrogens with one attached hydrogen (secondary N) is 2. The molecule has 1 aliphatic carbocycles. The molecule has 1 saturated carbocycles. The average molecular weight is 337 g/mol. The number of anilines is 2.